The number of rotatable bonds is 5. The van der Waals surface area contributed by atoms with Crippen molar-refractivity contribution in [3.05, 3.63) is 52.7 Å². The van der Waals surface area contributed by atoms with Crippen molar-refractivity contribution in [3.63, 3.8) is 0 Å². The summed E-state index contributed by atoms with van der Waals surface area (Å²) in [6, 6.07) is 10.1. The van der Waals surface area contributed by atoms with Crippen molar-refractivity contribution in [1.29, 1.82) is 0 Å². The number of likely N-dealkylation sites (N-methyl/N-ethyl adjacent to an activating group) is 1. The molecule has 1 aliphatic heterocycles. The van der Waals surface area contributed by atoms with Crippen LogP contribution in [0.1, 0.15) is 17.0 Å². The number of benzene rings is 1. The van der Waals surface area contributed by atoms with E-state index in [1.54, 1.807) is 0 Å². The van der Waals surface area contributed by atoms with E-state index in [2.05, 4.69) is 39.3 Å². The summed E-state index contributed by atoms with van der Waals surface area (Å²) in [6.07, 6.45) is 0.246. The van der Waals surface area contributed by atoms with E-state index in [1.165, 1.54) is 17.0 Å². The maximum atomic E-state index is 12.5. The van der Waals surface area contributed by atoms with E-state index in [4.69, 9.17) is 4.42 Å². The summed E-state index contributed by atoms with van der Waals surface area (Å²) in [5.74, 6) is 1.53. The number of hydrogen-bond donors (Lipinski definition) is 1. The topological polar surface area (TPSA) is 61.6 Å². The molecule has 1 amide bonds. The van der Waals surface area contributed by atoms with Crippen LogP contribution in [0, 0.1) is 13.8 Å². The van der Waals surface area contributed by atoms with Gasteiger partial charge in [0.2, 0.25) is 5.91 Å². The highest BCUT2D eigenvalue weighted by atomic mass is 32.1. The van der Waals surface area contributed by atoms with Crippen LogP contribution < -0.4 is 10.2 Å². The Morgan fingerprint density at radius 2 is 1.97 bits per heavy atom. The molecule has 0 atom stereocenters. The SMILES string of the molecule is Cc1ccc(-c2nc(CC(=O)Nc3ccc(N4CCN(C)CC4)cc3C)cs2)o1. The van der Waals surface area contributed by atoms with Gasteiger partial charge in [-0.2, -0.15) is 0 Å². The molecule has 3 heterocycles. The Bertz CT molecular complexity index is 1000. The molecule has 3 aromatic rings. The van der Waals surface area contributed by atoms with E-state index < -0.39 is 0 Å². The van der Waals surface area contributed by atoms with Crippen molar-refractivity contribution in [2.75, 3.05) is 43.4 Å². The molecule has 0 radical (unpaired) electrons. The largest absolute Gasteiger partial charge is 0.459 e. The number of amides is 1. The number of aryl methyl sites for hydroxylation is 2. The van der Waals surface area contributed by atoms with Gasteiger partial charge in [-0.25, -0.2) is 4.98 Å². The second-order valence-electron chi connectivity index (χ2n) is 7.57. The van der Waals surface area contributed by atoms with E-state index in [9.17, 15) is 4.79 Å². The number of hydrogen-bond acceptors (Lipinski definition) is 6. The Balaban J connectivity index is 1.38. The standard InChI is InChI=1S/C22H26N4O2S/c1-15-12-18(26-10-8-25(3)9-11-26)5-6-19(15)24-21(27)13-17-14-29-22(23-17)20-7-4-16(2)28-20/h4-7,12,14H,8-11,13H2,1-3H3,(H,24,27). The van der Waals surface area contributed by atoms with Crippen molar-refractivity contribution in [2.24, 2.45) is 0 Å². The minimum Gasteiger partial charge on any atom is -0.459 e. The quantitative estimate of drug-likeness (QED) is 0.690. The molecular weight excluding hydrogens is 384 g/mol. The van der Waals surface area contributed by atoms with Gasteiger partial charge >= 0.3 is 0 Å². The fourth-order valence-electron chi connectivity index (χ4n) is 3.46. The number of carbonyl (C=O) groups is 1. The first-order chi connectivity index (χ1) is 14.0. The second kappa shape index (κ2) is 8.39. The number of thiazole rings is 1. The van der Waals surface area contributed by atoms with Crippen molar-refractivity contribution in [3.8, 4) is 10.8 Å². The lowest BCUT2D eigenvalue weighted by Crippen LogP contribution is -2.44. The summed E-state index contributed by atoms with van der Waals surface area (Å²) in [7, 11) is 2.15. The molecule has 152 valence electrons. The van der Waals surface area contributed by atoms with Crippen LogP contribution in [0.2, 0.25) is 0 Å². The van der Waals surface area contributed by atoms with Gasteiger partial charge in [-0.15, -0.1) is 11.3 Å². The summed E-state index contributed by atoms with van der Waals surface area (Å²) in [6.45, 7) is 8.15. The van der Waals surface area contributed by atoms with Gasteiger partial charge < -0.3 is 19.5 Å². The maximum Gasteiger partial charge on any atom is 0.230 e. The minimum absolute atomic E-state index is 0.0621. The van der Waals surface area contributed by atoms with Crippen LogP contribution in [0.25, 0.3) is 10.8 Å². The molecule has 0 aliphatic carbocycles. The summed E-state index contributed by atoms with van der Waals surface area (Å²) in [4.78, 5) is 21.8. The molecule has 1 aliphatic rings. The Morgan fingerprint density at radius 3 is 2.66 bits per heavy atom. The smallest absolute Gasteiger partial charge is 0.230 e. The van der Waals surface area contributed by atoms with Crippen molar-refractivity contribution in [2.45, 2.75) is 20.3 Å². The molecule has 0 bridgehead atoms. The molecule has 29 heavy (non-hydrogen) atoms. The number of aromatic nitrogens is 1. The molecule has 2 aromatic heterocycles. The first kappa shape index (κ1) is 19.7. The number of carbonyl (C=O) groups excluding carboxylic acids is 1. The minimum atomic E-state index is -0.0621. The Morgan fingerprint density at radius 1 is 1.17 bits per heavy atom. The molecule has 1 saturated heterocycles. The predicted octanol–water partition coefficient (Wildman–Crippen LogP) is 3.95. The number of anilines is 2. The van der Waals surface area contributed by atoms with Crippen molar-refractivity contribution < 1.29 is 9.21 Å². The molecule has 0 spiro atoms. The van der Waals surface area contributed by atoms with Gasteiger partial charge in [-0.05, 0) is 56.8 Å². The van der Waals surface area contributed by atoms with Crippen LogP contribution in [-0.2, 0) is 11.2 Å². The van der Waals surface area contributed by atoms with Gasteiger partial charge in [-0.3, -0.25) is 4.79 Å². The Kier molecular flexibility index (Phi) is 5.69. The molecular formula is C22H26N4O2S. The van der Waals surface area contributed by atoms with Crippen LogP contribution in [0.15, 0.2) is 40.1 Å². The highest BCUT2D eigenvalue weighted by molar-refractivity contribution is 7.13. The third kappa shape index (κ3) is 4.68. The number of piperazine rings is 1. The van der Waals surface area contributed by atoms with Crippen LogP contribution in [0.3, 0.4) is 0 Å². The molecule has 1 fully saturated rings. The normalized spacial score (nSPS) is 14.9. The summed E-state index contributed by atoms with van der Waals surface area (Å²) >= 11 is 1.49. The fourth-order valence-corrected chi connectivity index (χ4v) is 4.24. The van der Waals surface area contributed by atoms with Gasteiger partial charge in [0.1, 0.15) is 5.76 Å². The van der Waals surface area contributed by atoms with Crippen LogP contribution in [0.4, 0.5) is 11.4 Å². The lowest BCUT2D eigenvalue weighted by molar-refractivity contribution is -0.115. The van der Waals surface area contributed by atoms with Crippen molar-refractivity contribution >= 4 is 28.6 Å². The predicted molar refractivity (Wildman–Crippen MR) is 118 cm³/mol. The van der Waals surface area contributed by atoms with Gasteiger partial charge in [0.25, 0.3) is 0 Å². The summed E-state index contributed by atoms with van der Waals surface area (Å²) in [5, 5.41) is 5.74. The number of furan rings is 1. The van der Waals surface area contributed by atoms with E-state index >= 15 is 0 Å². The molecule has 1 N–H and O–H groups in total. The molecule has 4 rings (SSSR count). The third-order valence-electron chi connectivity index (χ3n) is 5.20. The van der Waals surface area contributed by atoms with Gasteiger partial charge in [0, 0.05) is 42.9 Å². The molecule has 7 heteroatoms. The lowest BCUT2D eigenvalue weighted by Gasteiger charge is -2.34. The number of nitrogens with zero attached hydrogens (tertiary/aromatic N) is 3. The molecule has 0 saturated carbocycles. The van der Waals surface area contributed by atoms with Crippen LogP contribution in [-0.4, -0.2) is 49.0 Å². The Hall–Kier alpha value is -2.64. The highest BCUT2D eigenvalue weighted by Gasteiger charge is 2.16. The molecule has 1 aromatic carbocycles. The average Bonchev–Trinajstić information content (AvgIpc) is 3.33. The fraction of sp³-hybridized carbons (Fsp3) is 0.364. The van der Waals surface area contributed by atoms with Crippen LogP contribution >= 0.6 is 11.3 Å². The second-order valence-corrected chi connectivity index (χ2v) is 8.43. The summed E-state index contributed by atoms with van der Waals surface area (Å²) < 4.78 is 5.61. The van der Waals surface area contributed by atoms with Crippen LogP contribution in [0.5, 0.6) is 0 Å². The summed E-state index contributed by atoms with van der Waals surface area (Å²) in [5.41, 5.74) is 3.89. The van der Waals surface area contributed by atoms with E-state index in [0.29, 0.717) is 0 Å². The maximum absolute atomic E-state index is 12.5. The molecule has 6 nitrogen and oxygen atoms in total. The Labute approximate surface area is 175 Å². The zero-order chi connectivity index (χ0) is 20.4. The monoisotopic (exact) mass is 410 g/mol. The first-order valence-corrected chi connectivity index (χ1v) is 10.7. The zero-order valence-corrected chi connectivity index (χ0v) is 17.9. The first-order valence-electron chi connectivity index (χ1n) is 9.83. The highest BCUT2D eigenvalue weighted by Crippen LogP contribution is 2.26. The van der Waals surface area contributed by atoms with Gasteiger partial charge in [0.15, 0.2) is 10.8 Å². The average molecular weight is 411 g/mol. The van der Waals surface area contributed by atoms with Gasteiger partial charge in [0.05, 0.1) is 12.1 Å². The number of nitrogens with one attached hydrogen (secondary N) is 1. The zero-order valence-electron chi connectivity index (χ0n) is 17.1. The lowest BCUT2D eigenvalue weighted by atomic mass is 10.1. The van der Waals surface area contributed by atoms with E-state index in [-0.39, 0.29) is 12.3 Å². The molecule has 0 unspecified atom stereocenters. The van der Waals surface area contributed by atoms with E-state index in [0.717, 1.165) is 59.7 Å². The third-order valence-corrected chi connectivity index (χ3v) is 6.10. The van der Waals surface area contributed by atoms with Gasteiger partial charge in [-0.1, -0.05) is 0 Å². The van der Waals surface area contributed by atoms with Crippen molar-refractivity contribution in [1.82, 2.24) is 9.88 Å². The van der Waals surface area contributed by atoms with E-state index in [1.807, 2.05) is 37.4 Å².